The molecule has 27 heavy (non-hydrogen) atoms. The van der Waals surface area contributed by atoms with Crippen molar-refractivity contribution in [2.24, 2.45) is 0 Å². The molecular weight excluding hydrogens is 479 g/mol. The van der Waals surface area contributed by atoms with Crippen LogP contribution in [0.5, 0.6) is 0 Å². The number of amides is 2. The largest absolute Gasteiger partial charge is 0.293 e. The van der Waals surface area contributed by atoms with Crippen LogP contribution < -0.4 is 0 Å². The number of nitro groups is 1. The Kier molecular flexibility index (Phi) is 6.07. The lowest BCUT2D eigenvalue weighted by molar-refractivity contribution is -0.385. The summed E-state index contributed by atoms with van der Waals surface area (Å²) in [4.78, 5) is 36.7. The average Bonchev–Trinajstić information content (AvgIpc) is 2.91. The Morgan fingerprint density at radius 1 is 1.11 bits per heavy atom. The van der Waals surface area contributed by atoms with Crippen LogP contribution in [0, 0.1) is 13.7 Å². The number of benzene rings is 2. The summed E-state index contributed by atoms with van der Waals surface area (Å²) in [5.41, 5.74) is 1.28. The number of para-hydroxylation sites is 1. The van der Waals surface area contributed by atoms with E-state index in [-0.39, 0.29) is 23.4 Å². The van der Waals surface area contributed by atoms with E-state index in [2.05, 4.69) is 22.6 Å². The monoisotopic (exact) mass is 492 g/mol. The Hall–Kier alpha value is -2.46. The van der Waals surface area contributed by atoms with Gasteiger partial charge in [0, 0.05) is 9.64 Å². The van der Waals surface area contributed by atoms with Gasteiger partial charge < -0.3 is 0 Å². The quantitative estimate of drug-likeness (QED) is 0.254. The van der Waals surface area contributed by atoms with Crippen molar-refractivity contribution in [1.29, 1.82) is 0 Å². The number of rotatable bonds is 5. The van der Waals surface area contributed by atoms with Crippen molar-refractivity contribution >= 4 is 57.3 Å². The van der Waals surface area contributed by atoms with Crippen molar-refractivity contribution in [3.63, 3.8) is 0 Å². The molecule has 1 aliphatic heterocycles. The van der Waals surface area contributed by atoms with E-state index in [0.29, 0.717) is 10.5 Å². The van der Waals surface area contributed by atoms with Crippen LogP contribution in [0.15, 0.2) is 65.6 Å². The van der Waals surface area contributed by atoms with Gasteiger partial charge in [0.2, 0.25) is 0 Å². The maximum Gasteiger partial charge on any atom is 0.293 e. The number of allylic oxidation sites excluding steroid dienone is 2. The number of nitro benzene ring substituents is 1. The highest BCUT2D eigenvalue weighted by molar-refractivity contribution is 14.1. The second kappa shape index (κ2) is 8.49. The van der Waals surface area contributed by atoms with Crippen LogP contribution in [0.3, 0.4) is 0 Å². The Bertz CT molecular complexity index is 970. The Labute approximate surface area is 173 Å². The molecule has 1 heterocycles. The minimum absolute atomic E-state index is 0.0195. The SMILES string of the molecule is O=C1S/C(=C\C=C\c2ccccc2[N+](=O)[O-])C(=O)N1Cc1ccc(I)cc1. The summed E-state index contributed by atoms with van der Waals surface area (Å²) < 4.78 is 1.07. The lowest BCUT2D eigenvalue weighted by Crippen LogP contribution is -2.27. The fourth-order valence-corrected chi connectivity index (χ4v) is 3.61. The Morgan fingerprint density at radius 3 is 2.52 bits per heavy atom. The molecule has 0 saturated carbocycles. The summed E-state index contributed by atoms with van der Waals surface area (Å²) in [6.07, 6.45) is 4.60. The molecule has 0 aromatic heterocycles. The van der Waals surface area contributed by atoms with Gasteiger partial charge in [-0.2, -0.15) is 0 Å². The van der Waals surface area contributed by atoms with Gasteiger partial charge in [-0.3, -0.25) is 24.6 Å². The van der Waals surface area contributed by atoms with Crippen LogP contribution in [0.2, 0.25) is 0 Å². The molecular formula is C19H13IN2O4S. The zero-order valence-corrected chi connectivity index (χ0v) is 16.8. The molecule has 0 radical (unpaired) electrons. The van der Waals surface area contributed by atoms with E-state index in [4.69, 9.17) is 0 Å². The molecule has 2 amide bonds. The molecule has 2 aromatic rings. The number of hydrogen-bond acceptors (Lipinski definition) is 5. The van der Waals surface area contributed by atoms with Crippen LogP contribution in [0.1, 0.15) is 11.1 Å². The van der Waals surface area contributed by atoms with E-state index < -0.39 is 4.92 Å². The third-order valence-electron chi connectivity index (χ3n) is 3.78. The van der Waals surface area contributed by atoms with Gasteiger partial charge >= 0.3 is 0 Å². The fraction of sp³-hybridized carbons (Fsp3) is 0.0526. The molecule has 0 bridgehead atoms. The maximum absolute atomic E-state index is 12.5. The predicted molar refractivity (Wildman–Crippen MR) is 113 cm³/mol. The van der Waals surface area contributed by atoms with E-state index >= 15 is 0 Å². The second-order valence-corrected chi connectivity index (χ2v) is 7.83. The molecule has 1 saturated heterocycles. The standard InChI is InChI=1S/C19H13IN2O4S/c20-15-10-8-13(9-11-15)12-21-18(23)17(27-19(21)24)7-3-5-14-4-1-2-6-16(14)22(25)26/h1-11H,12H2/b5-3+,17-7-. The van der Waals surface area contributed by atoms with Crippen LogP contribution in [-0.2, 0) is 11.3 Å². The fourth-order valence-electron chi connectivity index (χ4n) is 2.46. The van der Waals surface area contributed by atoms with Gasteiger partial charge in [-0.15, -0.1) is 0 Å². The molecule has 136 valence electrons. The molecule has 1 fully saturated rings. The van der Waals surface area contributed by atoms with Gasteiger partial charge in [0.1, 0.15) is 0 Å². The van der Waals surface area contributed by atoms with Crippen molar-refractivity contribution in [2.75, 3.05) is 0 Å². The molecule has 1 aliphatic rings. The lowest BCUT2D eigenvalue weighted by Gasteiger charge is -2.12. The highest BCUT2D eigenvalue weighted by Gasteiger charge is 2.34. The van der Waals surface area contributed by atoms with E-state index in [9.17, 15) is 19.7 Å². The first-order valence-corrected chi connectivity index (χ1v) is 9.75. The Morgan fingerprint density at radius 2 is 1.81 bits per heavy atom. The van der Waals surface area contributed by atoms with Crippen molar-refractivity contribution in [3.05, 3.63) is 90.4 Å². The van der Waals surface area contributed by atoms with Crippen LogP contribution >= 0.6 is 34.4 Å². The smallest absolute Gasteiger partial charge is 0.268 e. The molecule has 8 heteroatoms. The highest BCUT2D eigenvalue weighted by Crippen LogP contribution is 2.32. The van der Waals surface area contributed by atoms with Crippen LogP contribution in [0.4, 0.5) is 10.5 Å². The minimum atomic E-state index is -0.464. The average molecular weight is 492 g/mol. The summed E-state index contributed by atoms with van der Waals surface area (Å²) in [7, 11) is 0. The summed E-state index contributed by atoms with van der Waals surface area (Å²) in [6.45, 7) is 0.215. The number of carbonyl (C=O) groups is 2. The summed E-state index contributed by atoms with van der Waals surface area (Å²) in [6, 6.07) is 13.9. The highest BCUT2D eigenvalue weighted by atomic mass is 127. The van der Waals surface area contributed by atoms with Crippen LogP contribution in [-0.4, -0.2) is 21.0 Å². The van der Waals surface area contributed by atoms with E-state index in [1.165, 1.54) is 17.0 Å². The van der Waals surface area contributed by atoms with Gasteiger partial charge in [-0.05, 0) is 70.3 Å². The molecule has 0 spiro atoms. The third kappa shape index (κ3) is 4.64. The second-order valence-electron chi connectivity index (χ2n) is 5.59. The first-order chi connectivity index (χ1) is 13.0. The van der Waals surface area contributed by atoms with Crippen molar-refractivity contribution in [1.82, 2.24) is 4.90 Å². The van der Waals surface area contributed by atoms with E-state index in [1.807, 2.05) is 24.3 Å². The zero-order chi connectivity index (χ0) is 19.4. The summed E-state index contributed by atoms with van der Waals surface area (Å²) >= 11 is 3.05. The van der Waals surface area contributed by atoms with Gasteiger partial charge in [0.15, 0.2) is 0 Å². The molecule has 2 aromatic carbocycles. The van der Waals surface area contributed by atoms with Crippen molar-refractivity contribution in [2.45, 2.75) is 6.54 Å². The van der Waals surface area contributed by atoms with Gasteiger partial charge in [-0.25, -0.2) is 0 Å². The number of hydrogen-bond donors (Lipinski definition) is 0. The van der Waals surface area contributed by atoms with Gasteiger partial charge in [0.25, 0.3) is 16.8 Å². The normalized spacial score (nSPS) is 15.9. The molecule has 3 rings (SSSR count). The van der Waals surface area contributed by atoms with Crippen molar-refractivity contribution in [3.8, 4) is 0 Å². The first-order valence-electron chi connectivity index (χ1n) is 7.85. The number of halogens is 1. The van der Waals surface area contributed by atoms with Gasteiger partial charge in [-0.1, -0.05) is 30.3 Å². The number of nitrogens with zero attached hydrogens (tertiary/aromatic N) is 2. The molecule has 0 N–H and O–H groups in total. The van der Waals surface area contributed by atoms with E-state index in [0.717, 1.165) is 20.9 Å². The van der Waals surface area contributed by atoms with Crippen molar-refractivity contribution < 1.29 is 14.5 Å². The maximum atomic E-state index is 12.5. The Balaban J connectivity index is 1.74. The minimum Gasteiger partial charge on any atom is -0.268 e. The third-order valence-corrected chi connectivity index (χ3v) is 5.43. The molecule has 0 atom stereocenters. The van der Waals surface area contributed by atoms with E-state index in [1.54, 1.807) is 30.4 Å². The topological polar surface area (TPSA) is 80.5 Å². The predicted octanol–water partition coefficient (Wildman–Crippen LogP) is 4.99. The molecule has 0 aliphatic carbocycles. The van der Waals surface area contributed by atoms with Gasteiger partial charge in [0.05, 0.1) is 21.9 Å². The zero-order valence-electron chi connectivity index (χ0n) is 13.9. The number of carbonyl (C=O) groups excluding carboxylic acids is 2. The lowest BCUT2D eigenvalue weighted by atomic mass is 10.1. The van der Waals surface area contributed by atoms with Crippen LogP contribution in [0.25, 0.3) is 6.08 Å². The molecule has 6 nitrogen and oxygen atoms in total. The summed E-state index contributed by atoms with van der Waals surface area (Å²) in [5, 5.41) is 10.7. The number of imide groups is 1. The first kappa shape index (κ1) is 19.3. The number of thioether (sulfide) groups is 1. The summed E-state index contributed by atoms with van der Waals surface area (Å²) in [5.74, 6) is -0.365. The molecule has 0 unspecified atom stereocenters.